The first-order valence-electron chi connectivity index (χ1n) is 6.10. The van der Waals surface area contributed by atoms with Gasteiger partial charge in [-0.2, -0.15) is 0 Å². The van der Waals surface area contributed by atoms with Crippen molar-refractivity contribution in [3.05, 3.63) is 34.3 Å². The number of aryl methyl sites for hydroxylation is 1. The Morgan fingerprint density at radius 3 is 2.81 bits per heavy atom. The van der Waals surface area contributed by atoms with Gasteiger partial charge in [0.05, 0.1) is 24.1 Å². The van der Waals surface area contributed by atoms with E-state index in [0.29, 0.717) is 22.7 Å². The number of rotatable bonds is 5. The molecule has 0 aliphatic heterocycles. The van der Waals surface area contributed by atoms with Gasteiger partial charge in [0.2, 0.25) is 0 Å². The molecule has 0 unspecified atom stereocenters. The van der Waals surface area contributed by atoms with E-state index in [0.717, 1.165) is 11.5 Å². The van der Waals surface area contributed by atoms with Gasteiger partial charge in [-0.3, -0.25) is 4.79 Å². The quantitative estimate of drug-likeness (QED) is 0.876. The number of carboxylic acid groups (broad SMARTS) is 1. The maximum atomic E-state index is 12.2. The highest BCUT2D eigenvalue weighted by atomic mass is 32.1. The first-order valence-corrected chi connectivity index (χ1v) is 6.88. The molecule has 0 bridgehead atoms. The average Bonchev–Trinajstić information content (AvgIpc) is 2.96. The van der Waals surface area contributed by atoms with Crippen LogP contribution in [0.4, 0.5) is 5.69 Å². The van der Waals surface area contributed by atoms with Crippen LogP contribution in [0.25, 0.3) is 0 Å². The number of ether oxygens (including phenoxy) is 1. The van der Waals surface area contributed by atoms with Crippen LogP contribution in [0.3, 0.4) is 0 Å². The lowest BCUT2D eigenvalue weighted by Crippen LogP contribution is -2.15. The summed E-state index contributed by atoms with van der Waals surface area (Å²) in [5, 5.41) is 15.6. The number of benzene rings is 1. The van der Waals surface area contributed by atoms with Gasteiger partial charge in [0, 0.05) is 0 Å². The Labute approximate surface area is 124 Å². The molecule has 8 heteroatoms. The molecular weight excluding hydrogens is 294 g/mol. The highest BCUT2D eigenvalue weighted by Crippen LogP contribution is 2.23. The summed E-state index contributed by atoms with van der Waals surface area (Å²) >= 11 is 0.978. The van der Waals surface area contributed by atoms with E-state index in [1.165, 1.54) is 19.2 Å². The van der Waals surface area contributed by atoms with E-state index < -0.39 is 11.9 Å². The number of carboxylic acids is 1. The molecule has 7 nitrogen and oxygen atoms in total. The number of anilines is 1. The van der Waals surface area contributed by atoms with Crippen LogP contribution in [0, 0.1) is 0 Å². The lowest BCUT2D eigenvalue weighted by atomic mass is 10.1. The third kappa shape index (κ3) is 3.16. The third-order valence-electron chi connectivity index (χ3n) is 2.80. The third-order valence-corrected chi connectivity index (χ3v) is 3.57. The van der Waals surface area contributed by atoms with Crippen LogP contribution in [0.15, 0.2) is 18.2 Å². The van der Waals surface area contributed by atoms with Crippen LogP contribution in [0.5, 0.6) is 5.75 Å². The Hall–Kier alpha value is -2.48. The number of methoxy groups -OCH3 is 1. The molecular formula is C13H13N3O4S. The van der Waals surface area contributed by atoms with E-state index in [1.54, 1.807) is 6.07 Å². The van der Waals surface area contributed by atoms with Gasteiger partial charge in [0.1, 0.15) is 10.6 Å². The molecule has 0 spiro atoms. The zero-order valence-electron chi connectivity index (χ0n) is 11.4. The molecule has 0 saturated carbocycles. The standard InChI is InChI=1S/C13H13N3O4S/c1-3-9-11(21-16-15-9)12(17)14-10-5-4-7(20-2)6-8(10)13(18)19/h4-6H,3H2,1-2H3,(H,14,17)(H,18,19). The van der Waals surface area contributed by atoms with Crippen LogP contribution >= 0.6 is 11.5 Å². The van der Waals surface area contributed by atoms with E-state index >= 15 is 0 Å². The van der Waals surface area contributed by atoms with Gasteiger partial charge in [0.25, 0.3) is 5.91 Å². The van der Waals surface area contributed by atoms with Crippen LogP contribution in [0.2, 0.25) is 0 Å². The molecule has 0 aliphatic rings. The lowest BCUT2D eigenvalue weighted by molar-refractivity contribution is 0.0697. The summed E-state index contributed by atoms with van der Waals surface area (Å²) in [6, 6.07) is 4.41. The van der Waals surface area contributed by atoms with E-state index in [4.69, 9.17) is 4.74 Å². The number of hydrogen-bond donors (Lipinski definition) is 2. The second-order valence-corrected chi connectivity index (χ2v) is 4.83. The molecule has 2 aromatic rings. The molecule has 1 heterocycles. The molecule has 0 radical (unpaired) electrons. The van der Waals surface area contributed by atoms with Gasteiger partial charge < -0.3 is 15.2 Å². The van der Waals surface area contributed by atoms with Crippen molar-refractivity contribution in [3.8, 4) is 5.75 Å². The summed E-state index contributed by atoms with van der Waals surface area (Å²) in [5.74, 6) is -1.17. The number of carbonyl (C=O) groups excluding carboxylic acids is 1. The van der Waals surface area contributed by atoms with E-state index in [1.807, 2.05) is 6.92 Å². The molecule has 1 aromatic carbocycles. The van der Waals surface area contributed by atoms with Gasteiger partial charge in [0.15, 0.2) is 0 Å². The number of nitrogens with zero attached hydrogens (tertiary/aromatic N) is 2. The Kier molecular flexibility index (Phi) is 4.49. The van der Waals surface area contributed by atoms with E-state index in [-0.39, 0.29) is 11.3 Å². The average molecular weight is 307 g/mol. The fourth-order valence-electron chi connectivity index (χ4n) is 1.73. The monoisotopic (exact) mass is 307 g/mol. The van der Waals surface area contributed by atoms with Gasteiger partial charge in [-0.1, -0.05) is 11.4 Å². The van der Waals surface area contributed by atoms with Crippen molar-refractivity contribution >= 4 is 29.1 Å². The fraction of sp³-hybridized carbons (Fsp3) is 0.231. The lowest BCUT2D eigenvalue weighted by Gasteiger charge is -2.09. The highest BCUT2D eigenvalue weighted by Gasteiger charge is 2.18. The molecule has 0 saturated heterocycles. The topological polar surface area (TPSA) is 101 Å². The first kappa shape index (κ1) is 14.9. The normalized spacial score (nSPS) is 10.2. The predicted molar refractivity (Wildman–Crippen MR) is 77.2 cm³/mol. The number of hydrogen-bond acceptors (Lipinski definition) is 6. The van der Waals surface area contributed by atoms with Crippen molar-refractivity contribution in [1.29, 1.82) is 0 Å². The zero-order valence-corrected chi connectivity index (χ0v) is 12.2. The first-order chi connectivity index (χ1) is 10.1. The molecule has 0 atom stereocenters. The van der Waals surface area contributed by atoms with Crippen molar-refractivity contribution in [2.75, 3.05) is 12.4 Å². The summed E-state index contributed by atoms with van der Waals surface area (Å²) in [5.41, 5.74) is 0.741. The summed E-state index contributed by atoms with van der Waals surface area (Å²) in [6.07, 6.45) is 0.577. The summed E-state index contributed by atoms with van der Waals surface area (Å²) in [7, 11) is 1.44. The van der Waals surface area contributed by atoms with E-state index in [9.17, 15) is 14.7 Å². The molecule has 0 fully saturated rings. The zero-order chi connectivity index (χ0) is 15.4. The number of aromatic carboxylic acids is 1. The van der Waals surface area contributed by atoms with Crippen molar-refractivity contribution in [2.45, 2.75) is 13.3 Å². The fourth-order valence-corrected chi connectivity index (χ4v) is 2.37. The van der Waals surface area contributed by atoms with Crippen LogP contribution in [-0.4, -0.2) is 33.7 Å². The Balaban J connectivity index is 2.31. The summed E-state index contributed by atoms with van der Waals surface area (Å²) in [6.45, 7) is 1.86. The van der Waals surface area contributed by atoms with Crippen molar-refractivity contribution < 1.29 is 19.4 Å². The van der Waals surface area contributed by atoms with Gasteiger partial charge >= 0.3 is 5.97 Å². The second kappa shape index (κ2) is 6.31. The maximum absolute atomic E-state index is 12.2. The maximum Gasteiger partial charge on any atom is 0.337 e. The SMILES string of the molecule is CCc1nnsc1C(=O)Nc1ccc(OC)cc1C(=O)O. The molecule has 0 aliphatic carbocycles. The van der Waals surface area contributed by atoms with Crippen molar-refractivity contribution in [1.82, 2.24) is 9.59 Å². The highest BCUT2D eigenvalue weighted by molar-refractivity contribution is 7.08. The minimum atomic E-state index is -1.15. The van der Waals surface area contributed by atoms with Crippen LogP contribution in [0.1, 0.15) is 32.6 Å². The number of amides is 1. The molecule has 110 valence electrons. The molecule has 1 amide bonds. The molecule has 2 N–H and O–H groups in total. The summed E-state index contributed by atoms with van der Waals surface area (Å²) in [4.78, 5) is 23.8. The Bertz CT molecular complexity index is 684. The smallest absolute Gasteiger partial charge is 0.337 e. The van der Waals surface area contributed by atoms with Gasteiger partial charge in [-0.15, -0.1) is 5.10 Å². The van der Waals surface area contributed by atoms with Crippen molar-refractivity contribution in [2.24, 2.45) is 0 Å². The van der Waals surface area contributed by atoms with Crippen LogP contribution in [-0.2, 0) is 6.42 Å². The van der Waals surface area contributed by atoms with Crippen molar-refractivity contribution in [3.63, 3.8) is 0 Å². The largest absolute Gasteiger partial charge is 0.497 e. The molecule has 1 aromatic heterocycles. The Morgan fingerprint density at radius 1 is 1.43 bits per heavy atom. The molecule has 2 rings (SSSR count). The number of aromatic nitrogens is 2. The minimum Gasteiger partial charge on any atom is -0.497 e. The second-order valence-electron chi connectivity index (χ2n) is 4.07. The van der Waals surface area contributed by atoms with Gasteiger partial charge in [-0.05, 0) is 36.2 Å². The molecule has 21 heavy (non-hydrogen) atoms. The number of carbonyl (C=O) groups is 2. The van der Waals surface area contributed by atoms with E-state index in [2.05, 4.69) is 14.9 Å². The predicted octanol–water partition coefficient (Wildman–Crippen LogP) is 2.06. The minimum absolute atomic E-state index is 0.0433. The van der Waals surface area contributed by atoms with Crippen LogP contribution < -0.4 is 10.1 Å². The Morgan fingerprint density at radius 2 is 2.19 bits per heavy atom. The number of nitrogens with one attached hydrogen (secondary N) is 1. The van der Waals surface area contributed by atoms with Gasteiger partial charge in [-0.25, -0.2) is 4.79 Å². The summed E-state index contributed by atoms with van der Waals surface area (Å²) < 4.78 is 8.71.